The van der Waals surface area contributed by atoms with Crippen molar-refractivity contribution < 1.29 is 0 Å². The third-order valence-corrected chi connectivity index (χ3v) is 3.50. The van der Waals surface area contributed by atoms with Gasteiger partial charge in [0.2, 0.25) is 0 Å². The Morgan fingerprint density at radius 1 is 1.35 bits per heavy atom. The second-order valence-corrected chi connectivity index (χ2v) is 5.11. The van der Waals surface area contributed by atoms with Gasteiger partial charge in [-0.2, -0.15) is 5.10 Å². The minimum absolute atomic E-state index is 0.499. The van der Waals surface area contributed by atoms with E-state index in [0.29, 0.717) is 6.54 Å². The van der Waals surface area contributed by atoms with Crippen LogP contribution in [-0.4, -0.2) is 9.78 Å². The topological polar surface area (TPSA) is 43.8 Å². The molecule has 2 aromatic rings. The van der Waals surface area contributed by atoms with E-state index >= 15 is 0 Å². The molecule has 17 heavy (non-hydrogen) atoms. The van der Waals surface area contributed by atoms with E-state index in [9.17, 15) is 0 Å². The summed E-state index contributed by atoms with van der Waals surface area (Å²) >= 11 is 3.51. The van der Waals surface area contributed by atoms with Gasteiger partial charge in [0, 0.05) is 23.6 Å². The van der Waals surface area contributed by atoms with Crippen molar-refractivity contribution in [3.63, 3.8) is 0 Å². The molecule has 0 amide bonds. The Labute approximate surface area is 110 Å². The average molecular weight is 294 g/mol. The fourth-order valence-electron chi connectivity index (χ4n) is 2.15. The Morgan fingerprint density at radius 3 is 2.71 bits per heavy atom. The number of nitrogens with zero attached hydrogens (tertiary/aromatic N) is 2. The number of aryl methyl sites for hydroxylation is 3. The molecule has 1 heterocycles. The van der Waals surface area contributed by atoms with E-state index in [2.05, 4.69) is 40.1 Å². The number of nitrogens with two attached hydrogens (primary N) is 1. The molecule has 0 unspecified atom stereocenters. The Kier molecular flexibility index (Phi) is 3.35. The second kappa shape index (κ2) is 4.63. The van der Waals surface area contributed by atoms with Crippen molar-refractivity contribution in [2.45, 2.75) is 20.4 Å². The van der Waals surface area contributed by atoms with Gasteiger partial charge in [-0.05, 0) is 37.1 Å². The Morgan fingerprint density at radius 2 is 2.06 bits per heavy atom. The fourth-order valence-corrected chi connectivity index (χ4v) is 2.52. The largest absolute Gasteiger partial charge is 0.325 e. The molecule has 0 bridgehead atoms. The summed E-state index contributed by atoms with van der Waals surface area (Å²) in [6.07, 6.45) is 0. The average Bonchev–Trinajstić information content (AvgIpc) is 2.56. The molecule has 0 aliphatic heterocycles. The Bertz CT molecular complexity index is 558. The first kappa shape index (κ1) is 12.3. The SMILES string of the molecule is Cc1ccc(Br)cc1-c1c(C)nn(C)c1CN. The van der Waals surface area contributed by atoms with Gasteiger partial charge in [-0.25, -0.2) is 0 Å². The van der Waals surface area contributed by atoms with Crippen molar-refractivity contribution in [2.75, 3.05) is 0 Å². The fraction of sp³-hybridized carbons (Fsp3) is 0.308. The zero-order valence-corrected chi connectivity index (χ0v) is 11.9. The molecule has 0 spiro atoms. The molecule has 0 aliphatic rings. The molecular formula is C13H16BrN3. The monoisotopic (exact) mass is 293 g/mol. The van der Waals surface area contributed by atoms with Gasteiger partial charge in [-0.15, -0.1) is 0 Å². The minimum Gasteiger partial charge on any atom is -0.325 e. The zero-order chi connectivity index (χ0) is 12.6. The third-order valence-electron chi connectivity index (χ3n) is 3.00. The highest BCUT2D eigenvalue weighted by atomic mass is 79.9. The van der Waals surface area contributed by atoms with E-state index in [1.807, 2.05) is 24.7 Å². The normalized spacial score (nSPS) is 10.9. The van der Waals surface area contributed by atoms with Crippen molar-refractivity contribution in [1.82, 2.24) is 9.78 Å². The third kappa shape index (κ3) is 2.15. The Balaban J connectivity index is 2.71. The van der Waals surface area contributed by atoms with Gasteiger partial charge in [-0.1, -0.05) is 22.0 Å². The van der Waals surface area contributed by atoms with Crippen molar-refractivity contribution in [3.05, 3.63) is 39.6 Å². The number of rotatable bonds is 2. The minimum atomic E-state index is 0.499. The summed E-state index contributed by atoms with van der Waals surface area (Å²) in [5.41, 5.74) is 11.5. The molecule has 4 heteroatoms. The van der Waals surface area contributed by atoms with Crippen LogP contribution in [0.4, 0.5) is 0 Å². The number of benzene rings is 1. The maximum Gasteiger partial charge on any atom is 0.0675 e. The molecule has 0 radical (unpaired) electrons. The smallest absolute Gasteiger partial charge is 0.0675 e. The summed E-state index contributed by atoms with van der Waals surface area (Å²) in [6.45, 7) is 4.63. The van der Waals surface area contributed by atoms with Crippen LogP contribution >= 0.6 is 15.9 Å². The maximum absolute atomic E-state index is 5.82. The first-order valence-electron chi connectivity index (χ1n) is 5.53. The van der Waals surface area contributed by atoms with Gasteiger partial charge in [0.05, 0.1) is 11.4 Å². The first-order valence-corrected chi connectivity index (χ1v) is 6.33. The second-order valence-electron chi connectivity index (χ2n) is 4.19. The highest BCUT2D eigenvalue weighted by molar-refractivity contribution is 9.10. The van der Waals surface area contributed by atoms with E-state index in [1.165, 1.54) is 11.1 Å². The molecule has 0 saturated heterocycles. The van der Waals surface area contributed by atoms with Crippen LogP contribution in [0.1, 0.15) is 17.0 Å². The summed E-state index contributed by atoms with van der Waals surface area (Å²) in [6, 6.07) is 6.28. The van der Waals surface area contributed by atoms with E-state index in [4.69, 9.17) is 5.73 Å². The van der Waals surface area contributed by atoms with Crippen molar-refractivity contribution in [3.8, 4) is 11.1 Å². The molecule has 2 N–H and O–H groups in total. The molecule has 3 nitrogen and oxygen atoms in total. The highest BCUT2D eigenvalue weighted by Crippen LogP contribution is 2.31. The van der Waals surface area contributed by atoms with Gasteiger partial charge >= 0.3 is 0 Å². The zero-order valence-electron chi connectivity index (χ0n) is 10.3. The summed E-state index contributed by atoms with van der Waals surface area (Å²) in [4.78, 5) is 0. The molecule has 2 rings (SSSR count). The van der Waals surface area contributed by atoms with Gasteiger partial charge in [-0.3, -0.25) is 4.68 Å². The standard InChI is InChI=1S/C13H16BrN3/c1-8-4-5-10(14)6-11(8)13-9(2)16-17(3)12(13)7-15/h4-6H,7,15H2,1-3H3. The number of hydrogen-bond donors (Lipinski definition) is 1. The predicted octanol–water partition coefficient (Wildman–Crippen LogP) is 2.93. The number of halogens is 1. The maximum atomic E-state index is 5.82. The number of hydrogen-bond acceptors (Lipinski definition) is 2. The van der Waals surface area contributed by atoms with Crippen LogP contribution in [0.5, 0.6) is 0 Å². The predicted molar refractivity (Wildman–Crippen MR) is 73.7 cm³/mol. The van der Waals surface area contributed by atoms with E-state index in [1.54, 1.807) is 0 Å². The number of aromatic nitrogens is 2. The molecule has 0 fully saturated rings. The molecular weight excluding hydrogens is 278 g/mol. The van der Waals surface area contributed by atoms with Crippen molar-refractivity contribution in [2.24, 2.45) is 12.8 Å². The summed E-state index contributed by atoms with van der Waals surface area (Å²) in [5, 5.41) is 4.45. The van der Waals surface area contributed by atoms with Crippen LogP contribution in [0.15, 0.2) is 22.7 Å². The van der Waals surface area contributed by atoms with Crippen LogP contribution in [0.2, 0.25) is 0 Å². The van der Waals surface area contributed by atoms with E-state index < -0.39 is 0 Å². The molecule has 90 valence electrons. The van der Waals surface area contributed by atoms with Crippen LogP contribution < -0.4 is 5.73 Å². The summed E-state index contributed by atoms with van der Waals surface area (Å²) < 4.78 is 2.94. The van der Waals surface area contributed by atoms with Crippen LogP contribution in [-0.2, 0) is 13.6 Å². The molecule has 0 saturated carbocycles. The van der Waals surface area contributed by atoms with Gasteiger partial charge in [0.1, 0.15) is 0 Å². The first-order chi connectivity index (χ1) is 8.04. The van der Waals surface area contributed by atoms with Crippen LogP contribution in [0, 0.1) is 13.8 Å². The lowest BCUT2D eigenvalue weighted by Gasteiger charge is -2.08. The van der Waals surface area contributed by atoms with Crippen molar-refractivity contribution >= 4 is 15.9 Å². The van der Waals surface area contributed by atoms with Crippen molar-refractivity contribution in [1.29, 1.82) is 0 Å². The van der Waals surface area contributed by atoms with E-state index in [-0.39, 0.29) is 0 Å². The lowest BCUT2D eigenvalue weighted by Crippen LogP contribution is -2.05. The highest BCUT2D eigenvalue weighted by Gasteiger charge is 2.15. The van der Waals surface area contributed by atoms with Gasteiger partial charge < -0.3 is 5.73 Å². The van der Waals surface area contributed by atoms with Crippen LogP contribution in [0.3, 0.4) is 0 Å². The molecule has 0 aliphatic carbocycles. The molecule has 0 atom stereocenters. The van der Waals surface area contributed by atoms with E-state index in [0.717, 1.165) is 21.4 Å². The lowest BCUT2D eigenvalue weighted by atomic mass is 9.99. The molecule has 1 aromatic carbocycles. The van der Waals surface area contributed by atoms with Gasteiger partial charge in [0.15, 0.2) is 0 Å². The summed E-state index contributed by atoms with van der Waals surface area (Å²) in [5.74, 6) is 0. The quantitative estimate of drug-likeness (QED) is 0.925. The lowest BCUT2D eigenvalue weighted by molar-refractivity contribution is 0.706. The van der Waals surface area contributed by atoms with Gasteiger partial charge in [0.25, 0.3) is 0 Å². The molecule has 1 aromatic heterocycles. The Hall–Kier alpha value is -1.13. The summed E-state index contributed by atoms with van der Waals surface area (Å²) in [7, 11) is 1.94. The van der Waals surface area contributed by atoms with Crippen LogP contribution in [0.25, 0.3) is 11.1 Å².